The third kappa shape index (κ3) is 1.94. The van der Waals surface area contributed by atoms with Crippen molar-refractivity contribution in [2.45, 2.75) is 0 Å². The summed E-state index contributed by atoms with van der Waals surface area (Å²) < 4.78 is 1.42. The van der Waals surface area contributed by atoms with Gasteiger partial charge in [-0.2, -0.15) is 0 Å². The molecular formula is C12H9Sn. The van der Waals surface area contributed by atoms with Crippen LogP contribution >= 0.6 is 0 Å². The molecule has 0 saturated carbocycles. The molecule has 0 fully saturated rings. The molecule has 0 aliphatic heterocycles. The summed E-state index contributed by atoms with van der Waals surface area (Å²) in [6.45, 7) is 0. The van der Waals surface area contributed by atoms with E-state index in [1.165, 1.54) is 37.2 Å². The first-order valence-electron chi connectivity index (χ1n) is 4.24. The number of hydrogen-bond donors (Lipinski definition) is 0. The number of benzene rings is 2. The first kappa shape index (κ1) is 8.82. The Hall–Kier alpha value is -0.761. The Kier molecular flexibility index (Phi) is 2.69. The van der Waals surface area contributed by atoms with Crippen LogP contribution in [-0.4, -0.2) is 22.5 Å². The molecule has 0 atom stereocenters. The quantitative estimate of drug-likeness (QED) is 0.698. The van der Waals surface area contributed by atoms with E-state index in [-0.39, 0.29) is 0 Å². The Morgan fingerprint density at radius 2 is 1.31 bits per heavy atom. The van der Waals surface area contributed by atoms with E-state index < -0.39 is 0 Å². The Bertz CT molecular complexity index is 393. The molecule has 0 aliphatic carbocycles. The first-order chi connectivity index (χ1) is 6.38. The van der Waals surface area contributed by atoms with Gasteiger partial charge in [0.15, 0.2) is 0 Å². The molecule has 3 radical (unpaired) electrons. The van der Waals surface area contributed by atoms with Gasteiger partial charge in [-0.15, -0.1) is 0 Å². The molecule has 0 heterocycles. The fourth-order valence-corrected chi connectivity index (χ4v) is 2.28. The average Bonchev–Trinajstić information content (AvgIpc) is 2.20. The molecule has 2 aromatic rings. The van der Waals surface area contributed by atoms with E-state index in [0.29, 0.717) is 0 Å². The topological polar surface area (TPSA) is 0 Å². The van der Waals surface area contributed by atoms with Gasteiger partial charge in [0.2, 0.25) is 0 Å². The van der Waals surface area contributed by atoms with Gasteiger partial charge in [0.05, 0.1) is 0 Å². The van der Waals surface area contributed by atoms with Crippen LogP contribution in [0.25, 0.3) is 11.1 Å². The van der Waals surface area contributed by atoms with Crippen molar-refractivity contribution in [1.82, 2.24) is 0 Å². The van der Waals surface area contributed by atoms with Gasteiger partial charge in [-0.1, -0.05) is 0 Å². The molecule has 0 bridgehead atoms. The van der Waals surface area contributed by atoms with Gasteiger partial charge in [-0.25, -0.2) is 0 Å². The normalized spacial score (nSPS) is 9.92. The summed E-state index contributed by atoms with van der Waals surface area (Å²) in [4.78, 5) is 0. The van der Waals surface area contributed by atoms with Crippen LogP contribution in [0.1, 0.15) is 0 Å². The van der Waals surface area contributed by atoms with E-state index in [4.69, 9.17) is 0 Å². The van der Waals surface area contributed by atoms with Gasteiger partial charge in [0, 0.05) is 0 Å². The molecule has 1 heteroatoms. The molecule has 0 nitrogen and oxygen atoms in total. The summed E-state index contributed by atoms with van der Waals surface area (Å²) in [6, 6.07) is 19.1. The molecule has 0 N–H and O–H groups in total. The van der Waals surface area contributed by atoms with Gasteiger partial charge in [-0.3, -0.25) is 0 Å². The average molecular weight is 272 g/mol. The van der Waals surface area contributed by atoms with Gasteiger partial charge >= 0.3 is 91.8 Å². The number of hydrogen-bond acceptors (Lipinski definition) is 0. The van der Waals surface area contributed by atoms with Crippen LogP contribution in [0, 0.1) is 0 Å². The zero-order valence-electron chi connectivity index (χ0n) is 7.20. The predicted molar refractivity (Wildman–Crippen MR) is 57.3 cm³/mol. The second kappa shape index (κ2) is 3.96. The van der Waals surface area contributed by atoms with Crippen molar-refractivity contribution in [3.63, 3.8) is 0 Å². The summed E-state index contributed by atoms with van der Waals surface area (Å²) in [6.07, 6.45) is 0. The monoisotopic (exact) mass is 273 g/mol. The van der Waals surface area contributed by atoms with Crippen molar-refractivity contribution in [2.75, 3.05) is 0 Å². The summed E-state index contributed by atoms with van der Waals surface area (Å²) >= 11 is 1.47. The second-order valence-corrected chi connectivity index (χ2v) is 4.45. The summed E-state index contributed by atoms with van der Waals surface area (Å²) in [5, 5.41) is 0. The van der Waals surface area contributed by atoms with Crippen molar-refractivity contribution >= 4 is 26.1 Å². The van der Waals surface area contributed by atoms with Crippen LogP contribution in [0.2, 0.25) is 0 Å². The van der Waals surface area contributed by atoms with Crippen LogP contribution in [0.15, 0.2) is 54.6 Å². The molecule has 0 aromatic heterocycles. The van der Waals surface area contributed by atoms with Crippen LogP contribution in [0.4, 0.5) is 0 Å². The zero-order chi connectivity index (χ0) is 9.10. The van der Waals surface area contributed by atoms with Crippen molar-refractivity contribution in [3.8, 4) is 11.1 Å². The SMILES string of the molecule is [Sn][c]1ccccc1-c1ccccc1. The predicted octanol–water partition coefficient (Wildman–Crippen LogP) is 2.15. The molecule has 13 heavy (non-hydrogen) atoms. The maximum absolute atomic E-state index is 2.18. The first-order valence-corrected chi connectivity index (χ1v) is 5.67. The van der Waals surface area contributed by atoms with Crippen LogP contribution in [0.5, 0.6) is 0 Å². The molecule has 0 spiro atoms. The van der Waals surface area contributed by atoms with Gasteiger partial charge in [0.1, 0.15) is 0 Å². The van der Waals surface area contributed by atoms with Crippen molar-refractivity contribution < 1.29 is 0 Å². The molecule has 0 saturated heterocycles. The molecule has 0 amide bonds. The Balaban J connectivity index is 2.54. The number of rotatable bonds is 1. The fourth-order valence-electron chi connectivity index (χ4n) is 1.35. The third-order valence-corrected chi connectivity index (χ3v) is 3.26. The minimum absolute atomic E-state index is 1.31. The zero-order valence-corrected chi connectivity index (χ0v) is 10.1. The molecule has 2 rings (SSSR count). The summed E-state index contributed by atoms with van der Waals surface area (Å²) in [5.74, 6) is 0. The Morgan fingerprint density at radius 1 is 0.692 bits per heavy atom. The van der Waals surface area contributed by atoms with E-state index >= 15 is 0 Å². The standard InChI is InChI=1S/C12H9.Sn/c1-3-7-11(8-4-1)12-9-5-2-6-10-12;/h1-9H;. The van der Waals surface area contributed by atoms with E-state index in [0.717, 1.165) is 0 Å². The molecule has 61 valence electrons. The Labute approximate surface area is 91.7 Å². The summed E-state index contributed by atoms with van der Waals surface area (Å²) in [5.41, 5.74) is 2.68. The Morgan fingerprint density at radius 3 is 2.00 bits per heavy atom. The maximum atomic E-state index is 2.18. The van der Waals surface area contributed by atoms with Crippen LogP contribution < -0.4 is 3.58 Å². The van der Waals surface area contributed by atoms with Gasteiger partial charge in [-0.05, 0) is 0 Å². The van der Waals surface area contributed by atoms with Crippen LogP contribution in [-0.2, 0) is 0 Å². The minimum atomic E-state index is 1.31. The molecular weight excluding hydrogens is 263 g/mol. The van der Waals surface area contributed by atoms with Gasteiger partial charge < -0.3 is 0 Å². The van der Waals surface area contributed by atoms with Crippen LogP contribution in [0.3, 0.4) is 0 Å². The van der Waals surface area contributed by atoms with E-state index in [1.54, 1.807) is 0 Å². The summed E-state index contributed by atoms with van der Waals surface area (Å²) in [7, 11) is 0. The van der Waals surface area contributed by atoms with Crippen molar-refractivity contribution in [3.05, 3.63) is 54.6 Å². The molecule has 0 aliphatic rings. The van der Waals surface area contributed by atoms with Crippen molar-refractivity contribution in [1.29, 1.82) is 0 Å². The van der Waals surface area contributed by atoms with Crippen molar-refractivity contribution in [2.24, 2.45) is 0 Å². The molecule has 2 aromatic carbocycles. The van der Waals surface area contributed by atoms with Gasteiger partial charge in [0.25, 0.3) is 0 Å². The van der Waals surface area contributed by atoms with E-state index in [2.05, 4.69) is 54.6 Å². The fraction of sp³-hybridized carbons (Fsp3) is 0. The molecule has 0 unspecified atom stereocenters. The third-order valence-electron chi connectivity index (χ3n) is 2.01. The second-order valence-electron chi connectivity index (χ2n) is 2.91. The van der Waals surface area contributed by atoms with E-state index in [1.807, 2.05) is 0 Å². The van der Waals surface area contributed by atoms with E-state index in [9.17, 15) is 0 Å².